The van der Waals surface area contributed by atoms with Crippen LogP contribution in [0.4, 0.5) is 4.39 Å². The Morgan fingerprint density at radius 1 is 1.41 bits per heavy atom. The summed E-state index contributed by atoms with van der Waals surface area (Å²) in [6, 6.07) is 3.25. The SMILES string of the molecule is CN1CC[C@@](O)(C#Cc2cc3c(cc2F)C2CC(C2)n2cc(C(N)=O)nc2-3)C1=O. The van der Waals surface area contributed by atoms with E-state index in [1.54, 1.807) is 19.3 Å². The van der Waals surface area contributed by atoms with Crippen molar-refractivity contribution in [2.75, 3.05) is 13.6 Å². The molecule has 29 heavy (non-hydrogen) atoms. The van der Waals surface area contributed by atoms with Gasteiger partial charge in [0.1, 0.15) is 17.3 Å². The summed E-state index contributed by atoms with van der Waals surface area (Å²) in [7, 11) is 1.59. The number of likely N-dealkylation sites (N-methyl/N-ethyl adjacent to an activating group) is 1. The first kappa shape index (κ1) is 17.9. The Kier molecular flexibility index (Phi) is 3.64. The molecule has 0 radical (unpaired) electrons. The van der Waals surface area contributed by atoms with E-state index in [9.17, 15) is 19.1 Å². The van der Waals surface area contributed by atoms with Crippen molar-refractivity contribution in [2.24, 2.45) is 5.73 Å². The van der Waals surface area contributed by atoms with Gasteiger partial charge in [-0.1, -0.05) is 11.8 Å². The van der Waals surface area contributed by atoms with E-state index in [1.165, 1.54) is 11.0 Å². The molecule has 1 saturated heterocycles. The predicted molar refractivity (Wildman–Crippen MR) is 101 cm³/mol. The lowest BCUT2D eigenvalue weighted by molar-refractivity contribution is -0.137. The molecule has 0 spiro atoms. The van der Waals surface area contributed by atoms with Crippen LogP contribution in [-0.2, 0) is 4.79 Å². The molecule has 1 aromatic heterocycles. The van der Waals surface area contributed by atoms with Gasteiger partial charge in [-0.25, -0.2) is 9.37 Å². The fourth-order valence-electron chi connectivity index (χ4n) is 4.42. The number of imidazole rings is 1. The van der Waals surface area contributed by atoms with Crippen LogP contribution in [0.3, 0.4) is 0 Å². The van der Waals surface area contributed by atoms with Crippen LogP contribution >= 0.6 is 0 Å². The van der Waals surface area contributed by atoms with E-state index in [-0.39, 0.29) is 29.6 Å². The van der Waals surface area contributed by atoms with Gasteiger partial charge < -0.3 is 20.3 Å². The first-order valence-electron chi connectivity index (χ1n) is 9.50. The number of likely N-dealkylation sites (tertiary alicyclic amines) is 1. The second-order valence-electron chi connectivity index (χ2n) is 8.05. The van der Waals surface area contributed by atoms with Crippen LogP contribution < -0.4 is 5.73 Å². The van der Waals surface area contributed by atoms with Gasteiger partial charge in [-0.15, -0.1) is 0 Å². The maximum absolute atomic E-state index is 14.8. The van der Waals surface area contributed by atoms with Crippen LogP contribution in [0.2, 0.25) is 0 Å². The number of rotatable bonds is 1. The number of nitrogens with zero attached hydrogens (tertiary/aromatic N) is 3. The van der Waals surface area contributed by atoms with E-state index in [2.05, 4.69) is 16.8 Å². The Morgan fingerprint density at radius 2 is 2.17 bits per heavy atom. The first-order valence-corrected chi connectivity index (χ1v) is 9.50. The first-order chi connectivity index (χ1) is 13.8. The highest BCUT2D eigenvalue weighted by atomic mass is 19.1. The average Bonchev–Trinajstić information content (AvgIpc) is 3.12. The number of amides is 2. The van der Waals surface area contributed by atoms with Crippen molar-refractivity contribution in [1.29, 1.82) is 0 Å². The van der Waals surface area contributed by atoms with Gasteiger partial charge in [0.25, 0.3) is 11.8 Å². The lowest BCUT2D eigenvalue weighted by Gasteiger charge is -2.34. The molecule has 2 amide bonds. The summed E-state index contributed by atoms with van der Waals surface area (Å²) in [4.78, 5) is 29.5. The molecule has 0 unspecified atom stereocenters. The molecule has 8 heteroatoms. The van der Waals surface area contributed by atoms with Gasteiger partial charge in [-0.05, 0) is 36.5 Å². The van der Waals surface area contributed by atoms with Crippen LogP contribution in [0.15, 0.2) is 18.3 Å². The number of carbonyl (C=O) groups is 2. The van der Waals surface area contributed by atoms with Crippen molar-refractivity contribution >= 4 is 11.8 Å². The quantitative estimate of drug-likeness (QED) is 0.709. The van der Waals surface area contributed by atoms with Gasteiger partial charge in [0.05, 0.1) is 5.56 Å². The molecule has 1 aliphatic carbocycles. The molecule has 7 nitrogen and oxygen atoms in total. The highest BCUT2D eigenvalue weighted by molar-refractivity contribution is 5.92. The lowest BCUT2D eigenvalue weighted by Crippen LogP contribution is -2.37. The zero-order chi connectivity index (χ0) is 20.5. The molecule has 4 aliphatic rings. The van der Waals surface area contributed by atoms with Crippen LogP contribution in [0, 0.1) is 17.7 Å². The summed E-state index contributed by atoms with van der Waals surface area (Å²) in [5.41, 5.74) is 5.38. The molecule has 6 rings (SSSR count). The molecule has 4 heterocycles. The van der Waals surface area contributed by atoms with Crippen molar-refractivity contribution in [3.8, 4) is 23.2 Å². The maximum atomic E-state index is 14.8. The second kappa shape index (κ2) is 5.91. The molecule has 2 aromatic rings. The Labute approximate surface area is 166 Å². The van der Waals surface area contributed by atoms with Gasteiger partial charge in [0.2, 0.25) is 5.60 Å². The third-order valence-corrected chi connectivity index (χ3v) is 6.22. The Balaban J connectivity index is 1.62. The number of primary amides is 1. The average molecular weight is 394 g/mol. The molecule has 1 atom stereocenters. The van der Waals surface area contributed by atoms with E-state index >= 15 is 0 Å². The number of hydrogen-bond acceptors (Lipinski definition) is 4. The number of carbonyl (C=O) groups excluding carboxylic acids is 2. The number of aliphatic hydroxyl groups is 1. The van der Waals surface area contributed by atoms with E-state index in [0.717, 1.165) is 18.4 Å². The molecule has 3 aliphatic heterocycles. The summed E-state index contributed by atoms with van der Waals surface area (Å²) < 4.78 is 16.7. The largest absolute Gasteiger partial charge is 0.369 e. The highest BCUT2D eigenvalue weighted by Crippen LogP contribution is 2.52. The van der Waals surface area contributed by atoms with E-state index in [4.69, 9.17) is 5.73 Å². The Morgan fingerprint density at radius 3 is 2.83 bits per heavy atom. The third-order valence-electron chi connectivity index (χ3n) is 6.22. The number of benzene rings is 1. The van der Waals surface area contributed by atoms with Gasteiger partial charge in [-0.3, -0.25) is 9.59 Å². The summed E-state index contributed by atoms with van der Waals surface area (Å²) in [6.07, 6.45) is 3.52. The normalized spacial score (nSPS) is 26.7. The van der Waals surface area contributed by atoms with Gasteiger partial charge >= 0.3 is 0 Å². The van der Waals surface area contributed by atoms with Crippen LogP contribution in [0.1, 0.15) is 52.8 Å². The molecule has 1 aromatic carbocycles. The third kappa shape index (κ3) is 2.58. The lowest BCUT2D eigenvalue weighted by atomic mass is 9.75. The molecular weight excluding hydrogens is 375 g/mol. The van der Waals surface area contributed by atoms with Gasteiger partial charge in [0.15, 0.2) is 0 Å². The second-order valence-corrected chi connectivity index (χ2v) is 8.05. The summed E-state index contributed by atoms with van der Waals surface area (Å²) in [6.45, 7) is 0.396. The van der Waals surface area contributed by atoms with Crippen molar-refractivity contribution < 1.29 is 19.1 Å². The van der Waals surface area contributed by atoms with Crippen molar-refractivity contribution in [1.82, 2.24) is 14.5 Å². The smallest absolute Gasteiger partial charge is 0.268 e. The molecule has 2 bridgehead atoms. The zero-order valence-electron chi connectivity index (χ0n) is 15.8. The summed E-state index contributed by atoms with van der Waals surface area (Å²) >= 11 is 0. The number of hydrogen-bond donors (Lipinski definition) is 2. The van der Waals surface area contributed by atoms with Gasteiger partial charge in [0, 0.05) is 37.8 Å². The zero-order valence-corrected chi connectivity index (χ0v) is 15.8. The van der Waals surface area contributed by atoms with Crippen molar-refractivity contribution in [2.45, 2.75) is 36.8 Å². The number of nitrogens with two attached hydrogens (primary N) is 1. The van der Waals surface area contributed by atoms with Crippen molar-refractivity contribution in [3.63, 3.8) is 0 Å². The minimum absolute atomic E-state index is 0.0776. The fraction of sp³-hybridized carbons (Fsp3) is 0.381. The van der Waals surface area contributed by atoms with Crippen molar-refractivity contribution in [3.05, 3.63) is 41.0 Å². The number of halogens is 1. The molecule has 148 valence electrons. The molecular formula is C21H19FN4O3. The summed E-state index contributed by atoms with van der Waals surface area (Å²) in [5.74, 6) is 4.40. The minimum Gasteiger partial charge on any atom is -0.369 e. The Bertz CT molecular complexity index is 1140. The highest BCUT2D eigenvalue weighted by Gasteiger charge is 2.43. The maximum Gasteiger partial charge on any atom is 0.268 e. The Hall–Kier alpha value is -3.18. The van der Waals surface area contributed by atoms with Gasteiger partial charge in [-0.2, -0.15) is 0 Å². The monoisotopic (exact) mass is 394 g/mol. The molecule has 2 fully saturated rings. The van der Waals surface area contributed by atoms with E-state index < -0.39 is 23.2 Å². The topological polar surface area (TPSA) is 101 Å². The summed E-state index contributed by atoms with van der Waals surface area (Å²) in [5, 5.41) is 10.5. The van der Waals surface area contributed by atoms with Crippen LogP contribution in [-0.4, -0.2) is 50.6 Å². The van der Waals surface area contributed by atoms with Crippen LogP contribution in [0.5, 0.6) is 0 Å². The van der Waals surface area contributed by atoms with E-state index in [1.807, 2.05) is 4.57 Å². The minimum atomic E-state index is -1.80. The number of aromatic nitrogens is 2. The standard InChI is InChI=1S/C21H19FN4O3/c1-25-5-4-21(29,20(25)28)3-2-11-8-15-14(9-16(11)22)12-6-13(7-12)26-10-17(18(23)27)24-19(15)26/h8-10,12-13,29H,4-7H2,1H3,(H2,23,27)/t12?,13?,21-/m0/s1. The predicted octanol–water partition coefficient (Wildman–Crippen LogP) is 1.16. The molecule has 1 saturated carbocycles. The molecule has 3 N–H and O–H groups in total. The fourth-order valence-corrected chi connectivity index (χ4v) is 4.42. The van der Waals surface area contributed by atoms with E-state index in [0.29, 0.717) is 17.9 Å². The van der Waals surface area contributed by atoms with Crippen LogP contribution in [0.25, 0.3) is 11.4 Å².